The van der Waals surface area contributed by atoms with Crippen LogP contribution in [0, 0.1) is 34.5 Å². The summed E-state index contributed by atoms with van der Waals surface area (Å²) >= 11 is 0. The van der Waals surface area contributed by atoms with Gasteiger partial charge in [0.05, 0.1) is 28.8 Å². The number of Topliss-reactive ketones (excluding diaryl/α,β-unsaturated/α-hetero) is 1. The third-order valence-electron chi connectivity index (χ3n) is 11.9. The largest absolute Gasteiger partial charge is 0.392 e. The van der Waals surface area contributed by atoms with Crippen LogP contribution in [0.15, 0.2) is 11.6 Å². The van der Waals surface area contributed by atoms with Crippen molar-refractivity contribution in [2.24, 2.45) is 34.5 Å². The van der Waals surface area contributed by atoms with E-state index in [9.17, 15) is 30.3 Å². The molecule has 0 aromatic carbocycles. The molecule has 4 aliphatic carbocycles. The molecule has 5 aliphatic rings. The fourth-order valence-corrected chi connectivity index (χ4v) is 9.11. The first kappa shape index (κ1) is 25.8. The molecule has 5 rings (SSSR count). The number of carbonyl (C=O) groups excluding carboxylic acids is 1. The Morgan fingerprint density at radius 2 is 1.66 bits per heavy atom. The molecule has 0 unspecified atom stereocenters. The SMILES string of the molecule is C[C@H]([C@H]1C[C@@](C)(O)[C@](C)(O)[C@@H](O)O1)[C@@]1(O)CC[C@H]2[C@@H]3CC=C4C[C@@H](O)CC(=O)[C@]4(C)[C@H]3CC[C@@]21C. The molecule has 198 valence electrons. The van der Waals surface area contributed by atoms with Crippen LogP contribution in [0.1, 0.15) is 86.0 Å². The summed E-state index contributed by atoms with van der Waals surface area (Å²) in [6, 6.07) is 0. The molecule has 7 nitrogen and oxygen atoms in total. The molecule has 1 saturated heterocycles. The molecule has 0 spiro atoms. The molecule has 4 fully saturated rings. The predicted molar refractivity (Wildman–Crippen MR) is 129 cm³/mol. The number of hydrogen-bond donors (Lipinski definition) is 5. The normalized spacial score (nSPS) is 57.1. The summed E-state index contributed by atoms with van der Waals surface area (Å²) in [5, 5.41) is 54.5. The van der Waals surface area contributed by atoms with Crippen LogP contribution >= 0.6 is 0 Å². The number of aliphatic hydroxyl groups excluding tert-OH is 2. The number of ether oxygens (including phenoxy) is 1. The molecule has 0 aromatic rings. The highest BCUT2D eigenvalue weighted by Gasteiger charge is 2.67. The van der Waals surface area contributed by atoms with Gasteiger partial charge in [0, 0.05) is 18.8 Å². The summed E-state index contributed by atoms with van der Waals surface area (Å²) in [6.07, 6.45) is 4.39. The van der Waals surface area contributed by atoms with E-state index < -0.39 is 40.7 Å². The van der Waals surface area contributed by atoms with Crippen molar-refractivity contribution < 1.29 is 35.1 Å². The van der Waals surface area contributed by atoms with E-state index in [1.807, 2.05) is 6.92 Å². The summed E-state index contributed by atoms with van der Waals surface area (Å²) in [7, 11) is 0. The molecule has 0 amide bonds. The lowest BCUT2D eigenvalue weighted by Gasteiger charge is -2.60. The first-order valence-corrected chi connectivity index (χ1v) is 13.5. The third kappa shape index (κ3) is 3.28. The number of allylic oxidation sites excluding steroid dienone is 1. The van der Waals surface area contributed by atoms with E-state index in [0.29, 0.717) is 18.8 Å². The summed E-state index contributed by atoms with van der Waals surface area (Å²) in [6.45, 7) is 9.09. The second-order valence-electron chi connectivity index (χ2n) is 13.4. The van der Waals surface area contributed by atoms with Gasteiger partial charge in [0.15, 0.2) is 6.29 Å². The van der Waals surface area contributed by atoms with Gasteiger partial charge < -0.3 is 30.3 Å². The third-order valence-corrected chi connectivity index (χ3v) is 11.9. The fraction of sp³-hybridized carbons (Fsp3) is 0.893. The zero-order valence-electron chi connectivity index (χ0n) is 21.8. The molecule has 0 bridgehead atoms. The van der Waals surface area contributed by atoms with Crippen LogP contribution in [-0.2, 0) is 9.53 Å². The topological polar surface area (TPSA) is 127 Å². The fourth-order valence-electron chi connectivity index (χ4n) is 9.11. The quantitative estimate of drug-likeness (QED) is 0.375. The molecule has 0 radical (unpaired) electrons. The Bertz CT molecular complexity index is 926. The van der Waals surface area contributed by atoms with Gasteiger partial charge in [-0.25, -0.2) is 0 Å². The zero-order valence-corrected chi connectivity index (χ0v) is 21.8. The maximum absolute atomic E-state index is 13.2. The minimum Gasteiger partial charge on any atom is -0.392 e. The Balaban J connectivity index is 1.43. The minimum absolute atomic E-state index is 0.119. The van der Waals surface area contributed by atoms with E-state index in [1.54, 1.807) is 0 Å². The molecule has 3 saturated carbocycles. The lowest BCUT2D eigenvalue weighted by molar-refractivity contribution is -0.334. The minimum atomic E-state index is -1.80. The first-order valence-electron chi connectivity index (χ1n) is 13.5. The number of hydrogen-bond acceptors (Lipinski definition) is 7. The van der Waals surface area contributed by atoms with Crippen LogP contribution in [0.2, 0.25) is 0 Å². The predicted octanol–water partition coefficient (Wildman–Crippen LogP) is 2.47. The van der Waals surface area contributed by atoms with Crippen LogP contribution in [0.4, 0.5) is 0 Å². The molecular weight excluding hydrogens is 448 g/mol. The van der Waals surface area contributed by atoms with Crippen molar-refractivity contribution in [3.63, 3.8) is 0 Å². The van der Waals surface area contributed by atoms with Crippen molar-refractivity contribution in [2.45, 2.75) is 121 Å². The monoisotopic (exact) mass is 492 g/mol. The maximum atomic E-state index is 13.2. The molecule has 0 aromatic heterocycles. The van der Waals surface area contributed by atoms with Crippen molar-refractivity contribution in [1.82, 2.24) is 0 Å². The Labute approximate surface area is 208 Å². The van der Waals surface area contributed by atoms with Gasteiger partial charge in [-0.15, -0.1) is 0 Å². The van der Waals surface area contributed by atoms with E-state index >= 15 is 0 Å². The molecule has 7 heteroatoms. The molecular formula is C28H44O7. The van der Waals surface area contributed by atoms with Crippen LogP contribution in [0.5, 0.6) is 0 Å². The van der Waals surface area contributed by atoms with Crippen LogP contribution in [0.25, 0.3) is 0 Å². The highest BCUT2D eigenvalue weighted by Crippen LogP contribution is 2.68. The van der Waals surface area contributed by atoms with Crippen molar-refractivity contribution in [3.05, 3.63) is 11.6 Å². The Hall–Kier alpha value is -0.830. The lowest BCUT2D eigenvalue weighted by atomic mass is 9.46. The maximum Gasteiger partial charge on any atom is 0.186 e. The van der Waals surface area contributed by atoms with E-state index in [-0.39, 0.29) is 41.8 Å². The van der Waals surface area contributed by atoms with Crippen molar-refractivity contribution in [3.8, 4) is 0 Å². The van der Waals surface area contributed by atoms with E-state index in [2.05, 4.69) is 19.9 Å². The average molecular weight is 493 g/mol. The van der Waals surface area contributed by atoms with Gasteiger partial charge in [-0.1, -0.05) is 25.5 Å². The molecule has 5 N–H and O–H groups in total. The first-order chi connectivity index (χ1) is 16.1. The number of fused-ring (bicyclic) bond motifs is 5. The average Bonchev–Trinajstić information content (AvgIpc) is 3.04. The van der Waals surface area contributed by atoms with Gasteiger partial charge in [0.2, 0.25) is 0 Å². The van der Waals surface area contributed by atoms with Crippen LogP contribution in [-0.4, -0.2) is 66.6 Å². The molecule has 12 atom stereocenters. The Morgan fingerprint density at radius 3 is 2.31 bits per heavy atom. The summed E-state index contributed by atoms with van der Waals surface area (Å²) in [5.74, 6) is 0.566. The number of carbonyl (C=O) groups is 1. The second kappa shape index (κ2) is 7.84. The van der Waals surface area contributed by atoms with Crippen molar-refractivity contribution in [2.75, 3.05) is 0 Å². The summed E-state index contributed by atoms with van der Waals surface area (Å²) in [5.41, 5.74) is -4.20. The lowest BCUT2D eigenvalue weighted by Crippen LogP contribution is -2.67. The van der Waals surface area contributed by atoms with Gasteiger partial charge >= 0.3 is 0 Å². The van der Waals surface area contributed by atoms with Gasteiger partial charge in [-0.2, -0.15) is 0 Å². The van der Waals surface area contributed by atoms with E-state index in [0.717, 1.165) is 31.3 Å². The van der Waals surface area contributed by atoms with E-state index in [1.165, 1.54) is 13.8 Å². The zero-order chi connectivity index (χ0) is 25.8. The van der Waals surface area contributed by atoms with Gasteiger partial charge in [0.25, 0.3) is 0 Å². The van der Waals surface area contributed by atoms with Gasteiger partial charge in [0.1, 0.15) is 11.4 Å². The second-order valence-corrected chi connectivity index (χ2v) is 13.4. The highest BCUT2D eigenvalue weighted by atomic mass is 16.6. The van der Waals surface area contributed by atoms with Gasteiger partial charge in [-0.05, 0) is 82.5 Å². The standard InChI is InChI=1S/C28H44O7/c1-15(21-14-25(3,32)27(5,33)23(31)35-21)28(34)11-9-19-18-7-6-16-12-17(29)13-22(30)26(16,4)20(18)8-10-24(19,28)2/h6,15,17-21,23,29,31-34H,7-14H2,1-5H3/t15-,17-,18+,19+,20+,21-,23+,24+,25-,26+,27-,28+/m1/s1. The molecule has 1 heterocycles. The Morgan fingerprint density at radius 1 is 1.00 bits per heavy atom. The van der Waals surface area contributed by atoms with Crippen molar-refractivity contribution >= 4 is 5.78 Å². The van der Waals surface area contributed by atoms with Crippen LogP contribution < -0.4 is 0 Å². The molecule has 35 heavy (non-hydrogen) atoms. The number of aliphatic hydroxyl groups is 5. The van der Waals surface area contributed by atoms with Crippen molar-refractivity contribution in [1.29, 1.82) is 0 Å². The summed E-state index contributed by atoms with van der Waals surface area (Å²) < 4.78 is 5.83. The number of rotatable bonds is 2. The van der Waals surface area contributed by atoms with Crippen LogP contribution in [0.3, 0.4) is 0 Å². The number of ketones is 1. The van der Waals surface area contributed by atoms with Gasteiger partial charge in [-0.3, -0.25) is 4.79 Å². The summed E-state index contributed by atoms with van der Waals surface area (Å²) in [4.78, 5) is 13.2. The highest BCUT2D eigenvalue weighted by molar-refractivity contribution is 5.90. The molecule has 1 aliphatic heterocycles. The smallest absolute Gasteiger partial charge is 0.186 e. The Kier molecular flexibility index (Phi) is 5.78. The van der Waals surface area contributed by atoms with E-state index in [4.69, 9.17) is 4.74 Å².